The summed E-state index contributed by atoms with van der Waals surface area (Å²) in [5.41, 5.74) is 7.31. The summed E-state index contributed by atoms with van der Waals surface area (Å²) in [7, 11) is -3.90. The van der Waals surface area contributed by atoms with Crippen LogP contribution in [0.25, 0.3) is 0 Å². The number of sulfonamides is 1. The number of amides is 1. The number of carboxylic acids is 1. The maximum Gasteiger partial charge on any atom is 0.326 e. The molecule has 0 saturated heterocycles. The molecule has 0 bridgehead atoms. The molecule has 6 N–H and O–H groups in total. The van der Waals surface area contributed by atoms with Gasteiger partial charge in [0.1, 0.15) is 11.9 Å². The Morgan fingerprint density at radius 3 is 2.41 bits per heavy atom. The van der Waals surface area contributed by atoms with Crippen molar-refractivity contribution in [3.05, 3.63) is 65.2 Å². The van der Waals surface area contributed by atoms with E-state index in [9.17, 15) is 23.1 Å². The molecule has 29 heavy (non-hydrogen) atoms. The third-order valence-electron chi connectivity index (χ3n) is 4.07. The zero-order valence-corrected chi connectivity index (χ0v) is 16.5. The summed E-state index contributed by atoms with van der Waals surface area (Å²) < 4.78 is 26.6. The summed E-state index contributed by atoms with van der Waals surface area (Å²) in [5, 5.41) is 19.1. The van der Waals surface area contributed by atoms with Crippen LogP contribution in [0.2, 0.25) is 0 Å². The van der Waals surface area contributed by atoms with Crippen molar-refractivity contribution in [3.8, 4) is 0 Å². The summed E-state index contributed by atoms with van der Waals surface area (Å²) in [5.74, 6) is -2.21. The highest BCUT2D eigenvalue weighted by Gasteiger charge is 2.22. The first-order chi connectivity index (χ1) is 13.6. The van der Waals surface area contributed by atoms with Crippen LogP contribution in [0.1, 0.15) is 16.7 Å². The normalized spacial score (nSPS) is 12.2. The summed E-state index contributed by atoms with van der Waals surface area (Å²) in [4.78, 5) is 23.6. The maximum absolute atomic E-state index is 12.2. The summed E-state index contributed by atoms with van der Waals surface area (Å²) in [6.45, 7) is 1.21. The van der Waals surface area contributed by atoms with Gasteiger partial charge in [0.05, 0.1) is 11.4 Å². The van der Waals surface area contributed by atoms with Crippen LogP contribution < -0.4 is 15.8 Å². The number of aryl methyl sites for hydroxylation is 1. The van der Waals surface area contributed by atoms with E-state index in [-0.39, 0.29) is 17.2 Å². The van der Waals surface area contributed by atoms with Gasteiger partial charge in [-0.2, -0.15) is 0 Å². The van der Waals surface area contributed by atoms with E-state index in [1.54, 1.807) is 36.4 Å². The van der Waals surface area contributed by atoms with E-state index in [1.807, 2.05) is 6.92 Å². The number of nitrogen functional groups attached to an aromatic ring is 1. The minimum atomic E-state index is -3.90. The molecule has 0 unspecified atom stereocenters. The number of carbonyl (C=O) groups excluding carboxylic acids is 1. The molecule has 0 fully saturated rings. The Morgan fingerprint density at radius 1 is 1.17 bits per heavy atom. The van der Waals surface area contributed by atoms with E-state index in [0.29, 0.717) is 11.1 Å². The molecule has 0 aromatic heterocycles. The van der Waals surface area contributed by atoms with Gasteiger partial charge >= 0.3 is 5.97 Å². The molecule has 10 heteroatoms. The number of rotatable bonds is 9. The molecular weight excluding hydrogens is 396 g/mol. The number of nitrogens with one attached hydrogen (secondary N) is 3. The Hall–Kier alpha value is -3.24. The third kappa shape index (κ3) is 6.40. The molecule has 0 aliphatic rings. The van der Waals surface area contributed by atoms with E-state index < -0.39 is 34.5 Å². The molecular formula is C19H22N4O5S. The van der Waals surface area contributed by atoms with Crippen molar-refractivity contribution < 1.29 is 23.1 Å². The largest absolute Gasteiger partial charge is 0.480 e. The fraction of sp³-hybridized carbons (Fsp3) is 0.211. The molecule has 2 aromatic carbocycles. The first-order valence-electron chi connectivity index (χ1n) is 8.60. The van der Waals surface area contributed by atoms with Crippen molar-refractivity contribution in [2.45, 2.75) is 24.3 Å². The van der Waals surface area contributed by atoms with Gasteiger partial charge in [-0.25, -0.2) is 17.9 Å². The number of amidine groups is 1. The minimum absolute atomic E-state index is 0.00623. The van der Waals surface area contributed by atoms with Crippen molar-refractivity contribution in [1.82, 2.24) is 10.0 Å². The molecule has 0 aliphatic heterocycles. The van der Waals surface area contributed by atoms with Crippen molar-refractivity contribution in [2.75, 3.05) is 6.54 Å². The number of benzene rings is 2. The van der Waals surface area contributed by atoms with Crippen LogP contribution in [0, 0.1) is 12.3 Å². The maximum atomic E-state index is 12.2. The van der Waals surface area contributed by atoms with Gasteiger partial charge < -0.3 is 16.2 Å². The van der Waals surface area contributed by atoms with Gasteiger partial charge in [0.25, 0.3) is 0 Å². The molecule has 154 valence electrons. The second kappa shape index (κ2) is 9.30. The zero-order chi connectivity index (χ0) is 21.6. The molecule has 1 atom stereocenters. The Morgan fingerprint density at radius 2 is 1.83 bits per heavy atom. The Kier molecular flexibility index (Phi) is 7.08. The monoisotopic (exact) mass is 418 g/mol. The number of carbonyl (C=O) groups is 2. The lowest BCUT2D eigenvalue weighted by Crippen LogP contribution is -2.46. The fourth-order valence-electron chi connectivity index (χ4n) is 2.51. The van der Waals surface area contributed by atoms with Gasteiger partial charge in [0, 0.05) is 12.0 Å². The van der Waals surface area contributed by atoms with Gasteiger partial charge in [-0.3, -0.25) is 10.2 Å². The van der Waals surface area contributed by atoms with Crippen LogP contribution in [0.15, 0.2) is 53.4 Å². The fourth-order valence-corrected chi connectivity index (χ4v) is 3.49. The predicted molar refractivity (Wildman–Crippen MR) is 107 cm³/mol. The van der Waals surface area contributed by atoms with Gasteiger partial charge in [0.2, 0.25) is 15.9 Å². The average Bonchev–Trinajstić information content (AvgIpc) is 2.66. The Balaban J connectivity index is 2.01. The van der Waals surface area contributed by atoms with Crippen LogP contribution in [0.4, 0.5) is 0 Å². The molecule has 9 nitrogen and oxygen atoms in total. The number of hydrogen-bond donors (Lipinski definition) is 5. The number of hydrogen-bond acceptors (Lipinski definition) is 5. The van der Waals surface area contributed by atoms with Crippen LogP contribution in [0.5, 0.6) is 0 Å². The number of nitrogens with two attached hydrogens (primary N) is 1. The second-order valence-electron chi connectivity index (χ2n) is 6.41. The van der Waals surface area contributed by atoms with E-state index in [2.05, 4.69) is 10.0 Å². The lowest BCUT2D eigenvalue weighted by molar-refractivity contribution is -0.141. The smallest absolute Gasteiger partial charge is 0.326 e. The number of aliphatic carboxylic acids is 1. The summed E-state index contributed by atoms with van der Waals surface area (Å²) in [6, 6.07) is 11.3. The molecule has 0 aliphatic carbocycles. The highest BCUT2D eigenvalue weighted by atomic mass is 32.2. The van der Waals surface area contributed by atoms with Crippen molar-refractivity contribution in [1.29, 1.82) is 5.41 Å². The Bertz CT molecular complexity index is 1020. The molecule has 2 aromatic rings. The minimum Gasteiger partial charge on any atom is -0.480 e. The quantitative estimate of drug-likeness (QED) is 0.292. The first kappa shape index (κ1) is 22.1. The van der Waals surface area contributed by atoms with Gasteiger partial charge in [-0.15, -0.1) is 0 Å². The average molecular weight is 418 g/mol. The topological polar surface area (TPSA) is 162 Å². The molecule has 0 heterocycles. The molecule has 0 saturated carbocycles. The molecule has 0 radical (unpaired) electrons. The summed E-state index contributed by atoms with van der Waals surface area (Å²) in [6.07, 6.45) is -0.0487. The highest BCUT2D eigenvalue weighted by Crippen LogP contribution is 2.10. The lowest BCUT2D eigenvalue weighted by atomic mass is 10.0. The van der Waals surface area contributed by atoms with E-state index in [0.717, 1.165) is 5.56 Å². The Labute approximate surface area is 168 Å². The van der Waals surface area contributed by atoms with Crippen LogP contribution in [-0.2, 0) is 26.0 Å². The van der Waals surface area contributed by atoms with Gasteiger partial charge in [-0.05, 0) is 30.7 Å². The van der Waals surface area contributed by atoms with Gasteiger partial charge in [0.15, 0.2) is 0 Å². The van der Waals surface area contributed by atoms with Gasteiger partial charge in [-0.1, -0.05) is 35.9 Å². The van der Waals surface area contributed by atoms with Crippen LogP contribution in [0.3, 0.4) is 0 Å². The molecule has 1 amide bonds. The zero-order valence-electron chi connectivity index (χ0n) is 15.7. The van der Waals surface area contributed by atoms with E-state index in [1.165, 1.54) is 12.1 Å². The first-order valence-corrected chi connectivity index (χ1v) is 10.1. The standard InChI is InChI=1S/C19H22N4O5S/c1-12-5-7-15(8-6-12)29(27,28)22-11-17(24)23-16(19(25)26)10-13-3-2-4-14(9-13)18(20)21/h2-9,16,22H,10-11H2,1H3,(H3,20,21)(H,23,24)(H,25,26)/t16-/m0/s1. The molecule has 0 spiro atoms. The van der Waals surface area contributed by atoms with Crippen molar-refractivity contribution >= 4 is 27.7 Å². The highest BCUT2D eigenvalue weighted by molar-refractivity contribution is 7.89. The van der Waals surface area contributed by atoms with E-state index in [4.69, 9.17) is 11.1 Å². The predicted octanol–water partition coefficient (Wildman–Crippen LogP) is 0.369. The SMILES string of the molecule is Cc1ccc(S(=O)(=O)NCC(=O)N[C@@H](Cc2cccc(C(=N)N)c2)C(=O)O)cc1. The molecule has 2 rings (SSSR count). The second-order valence-corrected chi connectivity index (χ2v) is 8.18. The number of carboxylic acid groups (broad SMARTS) is 1. The summed E-state index contributed by atoms with van der Waals surface area (Å²) >= 11 is 0. The van der Waals surface area contributed by atoms with Crippen molar-refractivity contribution in [2.24, 2.45) is 5.73 Å². The lowest BCUT2D eigenvalue weighted by Gasteiger charge is -2.15. The van der Waals surface area contributed by atoms with E-state index >= 15 is 0 Å². The van der Waals surface area contributed by atoms with Crippen LogP contribution >= 0.6 is 0 Å². The third-order valence-corrected chi connectivity index (χ3v) is 5.48. The van der Waals surface area contributed by atoms with Crippen LogP contribution in [-0.4, -0.2) is 43.8 Å². The van der Waals surface area contributed by atoms with Crippen molar-refractivity contribution in [3.63, 3.8) is 0 Å².